The molecule has 5 nitrogen and oxygen atoms in total. The van der Waals surface area contributed by atoms with Gasteiger partial charge in [0.2, 0.25) is 0 Å². The van der Waals surface area contributed by atoms with Crippen LogP contribution < -0.4 is 0 Å². The molecule has 20 heteroatoms. The maximum Gasteiger partial charge on any atom is 0.471 e. The van der Waals surface area contributed by atoms with E-state index in [1.807, 2.05) is 4.74 Å². The van der Waals surface area contributed by atoms with Gasteiger partial charge in [0.1, 0.15) is 0 Å². The van der Waals surface area contributed by atoms with E-state index in [9.17, 15) is 65.5 Å². The average Bonchev–Trinajstić information content (AvgIpc) is 2.34. The molecule has 0 rings (SSSR count). The van der Waals surface area contributed by atoms with Crippen molar-refractivity contribution in [1.82, 2.24) is 0 Å². The van der Waals surface area contributed by atoms with Gasteiger partial charge in [0, 0.05) is 51.4 Å². The summed E-state index contributed by atoms with van der Waals surface area (Å²) < 4.78 is 194. The van der Waals surface area contributed by atoms with Crippen LogP contribution in [-0.2, 0) is 19.6 Å². The van der Waals surface area contributed by atoms with Gasteiger partial charge in [0.25, 0.3) is 0 Å². The van der Waals surface area contributed by atoms with Gasteiger partial charge in [-0.3, -0.25) is 9.29 Å². The van der Waals surface area contributed by atoms with Crippen molar-refractivity contribution in [2.75, 3.05) is 0 Å². The molecule has 1 N–H and O–H groups in total. The summed E-state index contributed by atoms with van der Waals surface area (Å²) in [6, 6.07) is -3.95. The predicted molar refractivity (Wildman–Crippen MR) is 54.6 cm³/mol. The van der Waals surface area contributed by atoms with E-state index in [0.29, 0.717) is 0 Å². The van der Waals surface area contributed by atoms with Gasteiger partial charge in [-0.2, -0.15) is 65.5 Å². The summed E-state index contributed by atoms with van der Waals surface area (Å²) in [6.45, 7) is 0. The zero-order chi connectivity index (χ0) is 21.6. The molecule has 0 aromatic heterocycles. The quantitative estimate of drug-likeness (QED) is 0.260. The molecule has 0 fully saturated rings. The molecule has 0 bridgehead atoms. The fourth-order valence-electron chi connectivity index (χ4n) is 0.885. The Morgan fingerprint density at radius 1 is 0.778 bits per heavy atom. The third-order valence-electron chi connectivity index (χ3n) is 2.04. The Kier molecular flexibility index (Phi) is 9.21. The third kappa shape index (κ3) is 5.82. The van der Waals surface area contributed by atoms with Crippen LogP contribution in [0, 0.1) is 0 Å². The van der Waals surface area contributed by atoms with E-state index in [1.165, 1.54) is 4.74 Å². The first kappa shape index (κ1) is 29.3. The maximum absolute atomic E-state index is 13.4. The second kappa shape index (κ2) is 8.48. The van der Waals surface area contributed by atoms with Gasteiger partial charge in [-0.25, -0.2) is 0 Å². The minimum atomic E-state index is -7.53. The fourth-order valence-corrected chi connectivity index (χ4v) is 1.23. The van der Waals surface area contributed by atoms with Gasteiger partial charge in [-0.15, -0.1) is 0 Å². The van der Waals surface area contributed by atoms with Gasteiger partial charge >= 0.3 is 51.7 Å². The summed E-state index contributed by atoms with van der Waals surface area (Å²) >= 11 is 0. The molecule has 0 aromatic carbocycles. The second-order valence-corrected chi connectivity index (χ2v) is 5.32. The second-order valence-electron chi connectivity index (χ2n) is 3.86. The van der Waals surface area contributed by atoms with Crippen LogP contribution in [0.25, 0.3) is 0 Å². The molecule has 1 unspecified atom stereocenters. The molecule has 0 heterocycles. The van der Waals surface area contributed by atoms with Crippen LogP contribution in [0.4, 0.5) is 57.1 Å². The minimum absolute atomic E-state index is 0. The number of halogens is 13. The van der Waals surface area contributed by atoms with Gasteiger partial charge < -0.3 is 4.74 Å². The van der Waals surface area contributed by atoms with Crippen LogP contribution in [-0.4, -0.2) is 93.9 Å². The van der Waals surface area contributed by atoms with E-state index in [2.05, 4.69) is 0 Å². The molecular formula is C7HF13KO5S. The molecule has 0 aliphatic rings. The molecule has 0 spiro atoms. The summed E-state index contributed by atoms with van der Waals surface area (Å²) in [7, 11) is -7.39. The summed E-state index contributed by atoms with van der Waals surface area (Å²) in [5.74, 6) is -7.51. The first-order chi connectivity index (χ1) is 11.0. The van der Waals surface area contributed by atoms with Crippen molar-refractivity contribution >= 4 is 61.5 Å². The molecule has 157 valence electrons. The maximum atomic E-state index is 13.4. The van der Waals surface area contributed by atoms with Gasteiger partial charge in [-0.05, 0) is 0 Å². The molecule has 1 atom stereocenters. The molecule has 0 aliphatic carbocycles. The van der Waals surface area contributed by atoms with Crippen molar-refractivity contribution in [1.29, 1.82) is 0 Å². The third-order valence-corrected chi connectivity index (χ3v) is 2.92. The van der Waals surface area contributed by atoms with Crippen LogP contribution >= 0.6 is 0 Å². The topological polar surface area (TPSA) is 72.8 Å². The average molecular weight is 483 g/mol. The van der Waals surface area contributed by atoms with Gasteiger partial charge in [-0.1, -0.05) is 0 Å². The molecule has 0 aliphatic heterocycles. The Hall–Kier alpha value is 0.136. The summed E-state index contributed by atoms with van der Waals surface area (Å²) in [5, 5.41) is -7.15. The van der Waals surface area contributed by atoms with Crippen molar-refractivity contribution in [3.8, 4) is 0 Å². The predicted octanol–water partition coefficient (Wildman–Crippen LogP) is 3.57. The number of rotatable bonds is 7. The number of hydrogen-bond donors (Lipinski definition) is 1. The minimum Gasteiger partial charge on any atom is -0.398 e. The van der Waals surface area contributed by atoms with Crippen molar-refractivity contribution in [2.45, 2.75) is 29.5 Å². The molecule has 27 heavy (non-hydrogen) atoms. The fraction of sp³-hybridized carbons (Fsp3) is 0.714. The molecule has 0 amide bonds. The SMILES string of the molecule is O=S(=O)(O)C(F)(F)C(F)(F)OC(F)(C(F)(F)F)C(F)(F)OC(F)=C(F)F.[K]. The first-order valence-electron chi connectivity index (χ1n) is 4.99. The monoisotopic (exact) mass is 483 g/mol. The first-order valence-corrected chi connectivity index (χ1v) is 6.43. The van der Waals surface area contributed by atoms with Crippen LogP contribution in [0.15, 0.2) is 12.1 Å². The van der Waals surface area contributed by atoms with Crippen LogP contribution in [0.1, 0.15) is 0 Å². The summed E-state index contributed by atoms with van der Waals surface area (Å²) in [4.78, 5) is 0. The normalized spacial score (nSPS) is 16.2. The molecule has 0 saturated carbocycles. The van der Waals surface area contributed by atoms with Crippen LogP contribution in [0.5, 0.6) is 0 Å². The van der Waals surface area contributed by atoms with Gasteiger partial charge in [0.15, 0.2) is 0 Å². The standard InChI is InChI=1S/C7HF13O5S.K/c8-1(9)2(10)24-5(15,16)3(11,4(12,13)14)25-6(17,18)7(19,20)26(21,22)23;/h(H,21,22,23);. The van der Waals surface area contributed by atoms with Crippen molar-refractivity contribution in [3.63, 3.8) is 0 Å². The molecule has 0 saturated heterocycles. The Morgan fingerprint density at radius 3 is 1.41 bits per heavy atom. The summed E-state index contributed by atoms with van der Waals surface area (Å²) in [6.07, 6.45) is -26.1. The van der Waals surface area contributed by atoms with Crippen LogP contribution in [0.2, 0.25) is 0 Å². The van der Waals surface area contributed by atoms with Crippen molar-refractivity contribution in [2.24, 2.45) is 0 Å². The smallest absolute Gasteiger partial charge is 0.398 e. The van der Waals surface area contributed by atoms with Crippen molar-refractivity contribution in [3.05, 3.63) is 12.1 Å². The van der Waals surface area contributed by atoms with E-state index in [-0.39, 0.29) is 51.4 Å². The number of hydrogen-bond acceptors (Lipinski definition) is 4. The largest absolute Gasteiger partial charge is 0.471 e. The zero-order valence-corrected chi connectivity index (χ0v) is 15.8. The zero-order valence-electron chi connectivity index (χ0n) is 11.9. The number of ether oxygens (including phenoxy) is 2. The molecular weight excluding hydrogens is 482 g/mol. The number of alkyl halides is 10. The van der Waals surface area contributed by atoms with E-state index in [0.717, 1.165) is 0 Å². The van der Waals surface area contributed by atoms with E-state index < -0.39 is 51.7 Å². The Bertz CT molecular complexity index is 669. The Labute approximate surface area is 181 Å². The molecule has 1 radical (unpaired) electrons. The Balaban J connectivity index is 0. The van der Waals surface area contributed by atoms with E-state index in [1.54, 1.807) is 0 Å². The molecule has 0 aromatic rings. The van der Waals surface area contributed by atoms with E-state index >= 15 is 0 Å². The van der Waals surface area contributed by atoms with Crippen molar-refractivity contribution < 1.29 is 79.5 Å². The Morgan fingerprint density at radius 2 is 1.15 bits per heavy atom. The summed E-state index contributed by atoms with van der Waals surface area (Å²) in [5.41, 5.74) is 0. The van der Waals surface area contributed by atoms with Crippen LogP contribution in [0.3, 0.4) is 0 Å². The van der Waals surface area contributed by atoms with Gasteiger partial charge in [0.05, 0.1) is 0 Å². The van der Waals surface area contributed by atoms with E-state index in [4.69, 9.17) is 4.55 Å².